The number of nitrogen functional groups attached to an aromatic ring is 1. The number of hydrogen-bond acceptors (Lipinski definition) is 6. The quantitative estimate of drug-likeness (QED) is 0.571. The van der Waals surface area contributed by atoms with Crippen LogP contribution in [0.3, 0.4) is 0 Å². The van der Waals surface area contributed by atoms with Crippen LogP contribution in [0.4, 0.5) is 5.82 Å². The molecule has 4 rings (SSSR count). The van der Waals surface area contributed by atoms with Gasteiger partial charge in [-0.3, -0.25) is 0 Å². The van der Waals surface area contributed by atoms with Crippen molar-refractivity contribution in [1.82, 2.24) is 5.16 Å². The van der Waals surface area contributed by atoms with Crippen molar-refractivity contribution < 1.29 is 4.52 Å². The van der Waals surface area contributed by atoms with Gasteiger partial charge in [0.15, 0.2) is 11.6 Å². The molecule has 4 aromatic heterocycles. The molecule has 0 aromatic carbocycles. The highest BCUT2D eigenvalue weighted by molar-refractivity contribution is 7.28. The third-order valence-electron chi connectivity index (χ3n) is 2.85. The van der Waals surface area contributed by atoms with Crippen LogP contribution in [0.5, 0.6) is 0 Å². The first-order chi connectivity index (χ1) is 9.33. The van der Waals surface area contributed by atoms with Crippen LogP contribution < -0.4 is 5.73 Å². The smallest absolute Gasteiger partial charge is 0.187 e. The molecular weight excluding hydrogens is 296 g/mol. The van der Waals surface area contributed by atoms with Crippen molar-refractivity contribution in [3.63, 3.8) is 0 Å². The van der Waals surface area contributed by atoms with Gasteiger partial charge >= 0.3 is 0 Å². The minimum Gasteiger partial charge on any atom is -0.380 e. The van der Waals surface area contributed by atoms with Gasteiger partial charge in [-0.15, -0.1) is 34.0 Å². The Hall–Kier alpha value is -1.63. The molecule has 0 saturated carbocycles. The summed E-state index contributed by atoms with van der Waals surface area (Å²) in [4.78, 5) is 2.17. The molecule has 4 heterocycles. The van der Waals surface area contributed by atoms with Crippen LogP contribution in [0.1, 0.15) is 0 Å². The van der Waals surface area contributed by atoms with Crippen LogP contribution in [0.25, 0.3) is 30.5 Å². The first-order valence-corrected chi connectivity index (χ1v) is 8.17. The van der Waals surface area contributed by atoms with E-state index in [2.05, 4.69) is 22.7 Å². The van der Waals surface area contributed by atoms with E-state index in [4.69, 9.17) is 10.3 Å². The van der Waals surface area contributed by atoms with Gasteiger partial charge in [-0.25, -0.2) is 0 Å². The zero-order valence-corrected chi connectivity index (χ0v) is 12.1. The highest BCUT2D eigenvalue weighted by Crippen LogP contribution is 2.43. The molecule has 0 aliphatic rings. The van der Waals surface area contributed by atoms with E-state index in [1.165, 1.54) is 9.40 Å². The summed E-state index contributed by atoms with van der Waals surface area (Å²) in [5, 5.41) is 8.05. The first-order valence-electron chi connectivity index (χ1n) is 5.59. The van der Waals surface area contributed by atoms with E-state index in [1.807, 2.05) is 17.5 Å². The lowest BCUT2D eigenvalue weighted by Crippen LogP contribution is -1.86. The molecule has 0 radical (unpaired) electrons. The van der Waals surface area contributed by atoms with Crippen LogP contribution in [-0.2, 0) is 0 Å². The Morgan fingerprint density at radius 2 is 2.00 bits per heavy atom. The van der Waals surface area contributed by atoms with Crippen molar-refractivity contribution in [2.75, 3.05) is 5.73 Å². The van der Waals surface area contributed by atoms with E-state index in [-0.39, 0.29) is 0 Å². The van der Waals surface area contributed by atoms with Gasteiger partial charge in [-0.1, -0.05) is 11.2 Å². The number of anilines is 1. The summed E-state index contributed by atoms with van der Waals surface area (Å²) in [5.41, 5.74) is 6.85. The molecule has 6 heteroatoms. The number of nitrogens with zero attached hydrogens (tertiary/aromatic N) is 1. The topological polar surface area (TPSA) is 52.0 Å². The van der Waals surface area contributed by atoms with E-state index in [0.29, 0.717) is 5.82 Å². The van der Waals surface area contributed by atoms with Crippen molar-refractivity contribution in [2.45, 2.75) is 0 Å². The van der Waals surface area contributed by atoms with Crippen molar-refractivity contribution >= 4 is 49.2 Å². The van der Waals surface area contributed by atoms with Gasteiger partial charge in [-0.05, 0) is 29.0 Å². The van der Waals surface area contributed by atoms with E-state index in [9.17, 15) is 0 Å². The van der Waals surface area contributed by atoms with Gasteiger partial charge in [0.2, 0.25) is 0 Å². The van der Waals surface area contributed by atoms with Crippen molar-refractivity contribution in [1.29, 1.82) is 0 Å². The molecule has 0 aliphatic carbocycles. The third-order valence-corrected chi connectivity index (χ3v) is 5.83. The molecule has 0 saturated heterocycles. The summed E-state index contributed by atoms with van der Waals surface area (Å²) in [5.74, 6) is 1.22. The molecule has 0 unspecified atom stereocenters. The largest absolute Gasteiger partial charge is 0.380 e. The second kappa shape index (κ2) is 4.19. The van der Waals surface area contributed by atoms with Gasteiger partial charge in [0.25, 0.3) is 0 Å². The monoisotopic (exact) mass is 304 g/mol. The summed E-state index contributed by atoms with van der Waals surface area (Å²) in [6.45, 7) is 0. The van der Waals surface area contributed by atoms with Crippen LogP contribution in [0.2, 0.25) is 0 Å². The molecule has 3 nitrogen and oxygen atoms in total. The minimum absolute atomic E-state index is 0.453. The van der Waals surface area contributed by atoms with Gasteiger partial charge in [0.1, 0.15) is 0 Å². The SMILES string of the molecule is Nc1noc(-c2cc3sccc3s2)c1-c1cccs1. The number of nitrogens with two attached hydrogens (primary N) is 1. The van der Waals surface area contributed by atoms with Gasteiger partial charge in [-0.2, -0.15) is 0 Å². The number of fused-ring (bicyclic) bond motifs is 1. The van der Waals surface area contributed by atoms with Crippen molar-refractivity contribution in [2.24, 2.45) is 0 Å². The maximum absolute atomic E-state index is 5.95. The molecule has 2 N–H and O–H groups in total. The Bertz CT molecular complexity index is 810. The second-order valence-electron chi connectivity index (χ2n) is 4.01. The summed E-state index contributed by atoms with van der Waals surface area (Å²) in [7, 11) is 0. The standard InChI is InChI=1S/C13H8N2OS3/c14-13-11(8-2-1-4-17-8)12(16-15-13)10-6-9-7(19-10)3-5-18-9/h1-6H,(H2,14,15). The number of aromatic nitrogens is 1. The van der Waals surface area contributed by atoms with Crippen LogP contribution in [0, 0.1) is 0 Å². The number of thiophene rings is 3. The highest BCUT2D eigenvalue weighted by atomic mass is 32.1. The lowest BCUT2D eigenvalue weighted by atomic mass is 10.2. The summed E-state index contributed by atoms with van der Waals surface area (Å²) in [6, 6.07) is 8.30. The average Bonchev–Trinajstić information content (AvgIpc) is 3.10. The molecule has 0 fully saturated rings. The average molecular weight is 304 g/mol. The lowest BCUT2D eigenvalue weighted by Gasteiger charge is -1.96. The van der Waals surface area contributed by atoms with Crippen molar-refractivity contribution in [3.8, 4) is 21.1 Å². The fourth-order valence-corrected chi connectivity index (χ4v) is 4.88. The Morgan fingerprint density at radius 3 is 2.79 bits per heavy atom. The molecule has 4 aromatic rings. The zero-order valence-electron chi connectivity index (χ0n) is 9.62. The van der Waals surface area contributed by atoms with Crippen LogP contribution in [0.15, 0.2) is 39.5 Å². The molecule has 0 amide bonds. The van der Waals surface area contributed by atoms with Gasteiger partial charge < -0.3 is 10.3 Å². The summed E-state index contributed by atoms with van der Waals surface area (Å²) in [6.07, 6.45) is 0. The third kappa shape index (κ3) is 1.72. The molecule has 94 valence electrons. The maximum atomic E-state index is 5.95. The fourth-order valence-electron chi connectivity index (χ4n) is 2.01. The van der Waals surface area contributed by atoms with E-state index < -0.39 is 0 Å². The zero-order chi connectivity index (χ0) is 12.8. The minimum atomic E-state index is 0.453. The predicted molar refractivity (Wildman–Crippen MR) is 82.9 cm³/mol. The van der Waals surface area contributed by atoms with Crippen LogP contribution in [-0.4, -0.2) is 5.16 Å². The summed E-state index contributed by atoms with van der Waals surface area (Å²) < 4.78 is 7.99. The van der Waals surface area contributed by atoms with E-state index >= 15 is 0 Å². The Kier molecular flexibility index (Phi) is 2.48. The second-order valence-corrected chi connectivity index (χ2v) is 6.99. The van der Waals surface area contributed by atoms with Gasteiger partial charge in [0, 0.05) is 14.3 Å². The molecule has 0 spiro atoms. The van der Waals surface area contributed by atoms with E-state index in [0.717, 1.165) is 21.1 Å². The van der Waals surface area contributed by atoms with Gasteiger partial charge in [0.05, 0.1) is 10.4 Å². The lowest BCUT2D eigenvalue weighted by molar-refractivity contribution is 0.437. The predicted octanol–water partition coefficient (Wildman–Crippen LogP) is 4.93. The molecule has 0 bridgehead atoms. The Morgan fingerprint density at radius 1 is 1.05 bits per heavy atom. The van der Waals surface area contributed by atoms with Crippen LogP contribution >= 0.6 is 34.0 Å². The maximum Gasteiger partial charge on any atom is 0.187 e. The molecule has 0 atom stereocenters. The Labute approximate surface area is 120 Å². The first kappa shape index (κ1) is 11.2. The number of hydrogen-bond donors (Lipinski definition) is 1. The van der Waals surface area contributed by atoms with Crippen molar-refractivity contribution in [3.05, 3.63) is 35.0 Å². The highest BCUT2D eigenvalue weighted by Gasteiger charge is 2.20. The fraction of sp³-hybridized carbons (Fsp3) is 0. The normalized spacial score (nSPS) is 11.4. The molecule has 0 aliphatic heterocycles. The molecule has 19 heavy (non-hydrogen) atoms. The molecular formula is C13H8N2OS3. The summed E-state index contributed by atoms with van der Waals surface area (Å²) >= 11 is 5.08. The number of rotatable bonds is 2. The Balaban J connectivity index is 1.94. The van der Waals surface area contributed by atoms with E-state index in [1.54, 1.807) is 34.0 Å².